The van der Waals surface area contributed by atoms with Crippen molar-refractivity contribution in [1.29, 1.82) is 0 Å². The van der Waals surface area contributed by atoms with Crippen LogP contribution < -0.4 is 10.1 Å². The number of hydrogen-bond donors (Lipinski definition) is 1. The summed E-state index contributed by atoms with van der Waals surface area (Å²) in [6.45, 7) is 8.25. The van der Waals surface area contributed by atoms with E-state index in [1.807, 2.05) is 26.8 Å². The van der Waals surface area contributed by atoms with Crippen LogP contribution >= 0.6 is 0 Å². The Labute approximate surface area is 126 Å². The molecule has 1 aromatic carbocycles. The molecule has 0 bridgehead atoms. The number of nitrogens with one attached hydrogen (secondary N) is 1. The van der Waals surface area contributed by atoms with Gasteiger partial charge in [-0.05, 0) is 63.3 Å². The first kappa shape index (κ1) is 15.8. The number of aryl methyl sites for hydroxylation is 2. The molecule has 4 nitrogen and oxygen atoms in total. The minimum Gasteiger partial charge on any atom is -0.491 e. The average Bonchev–Trinajstić information content (AvgIpc) is 3.24. The summed E-state index contributed by atoms with van der Waals surface area (Å²) >= 11 is 0. The van der Waals surface area contributed by atoms with Crippen LogP contribution in [0.4, 0.5) is 0 Å². The molecule has 116 valence electrons. The first-order chi connectivity index (χ1) is 9.85. The maximum atomic E-state index is 12.1. The third-order valence-corrected chi connectivity index (χ3v) is 4.02. The van der Waals surface area contributed by atoms with Crippen LogP contribution in [-0.4, -0.2) is 31.3 Å². The van der Waals surface area contributed by atoms with Crippen molar-refractivity contribution in [2.75, 3.05) is 13.7 Å². The molecular formula is C17H25NO3. The molecule has 0 aliphatic heterocycles. The highest BCUT2D eigenvalue weighted by Crippen LogP contribution is 2.26. The van der Waals surface area contributed by atoms with Crippen molar-refractivity contribution in [2.45, 2.75) is 52.1 Å². The minimum absolute atomic E-state index is 0.264. The third kappa shape index (κ3) is 3.76. The van der Waals surface area contributed by atoms with Gasteiger partial charge in [-0.15, -0.1) is 0 Å². The van der Waals surface area contributed by atoms with Gasteiger partial charge >= 0.3 is 5.97 Å². The standard InChI is InChI=1S/C17H25NO3/c1-11-8-12(2)13(3)15(9-11)21-10-17(4,16(19)20-5)18-14-6-7-14/h8-9,14,18H,6-7,10H2,1-5H3. The molecule has 0 saturated heterocycles. The van der Waals surface area contributed by atoms with E-state index in [0.717, 1.165) is 29.7 Å². The molecule has 0 spiro atoms. The Balaban J connectivity index is 2.13. The summed E-state index contributed by atoms with van der Waals surface area (Å²) in [5.74, 6) is 0.552. The van der Waals surface area contributed by atoms with Gasteiger partial charge in [0.25, 0.3) is 0 Å². The molecule has 0 aromatic heterocycles. The fourth-order valence-corrected chi connectivity index (χ4v) is 2.44. The van der Waals surface area contributed by atoms with E-state index in [1.54, 1.807) is 0 Å². The molecule has 0 radical (unpaired) electrons. The summed E-state index contributed by atoms with van der Waals surface area (Å²) in [5.41, 5.74) is 2.65. The van der Waals surface area contributed by atoms with Crippen molar-refractivity contribution in [2.24, 2.45) is 0 Å². The summed E-state index contributed by atoms with van der Waals surface area (Å²) in [4.78, 5) is 12.1. The molecule has 0 amide bonds. The fourth-order valence-electron chi connectivity index (χ4n) is 2.44. The smallest absolute Gasteiger partial charge is 0.329 e. The van der Waals surface area contributed by atoms with Gasteiger partial charge in [0.05, 0.1) is 7.11 Å². The Bertz CT molecular complexity index is 537. The van der Waals surface area contributed by atoms with E-state index in [4.69, 9.17) is 9.47 Å². The van der Waals surface area contributed by atoms with Gasteiger partial charge in [0.1, 0.15) is 17.9 Å². The third-order valence-electron chi connectivity index (χ3n) is 4.02. The Hall–Kier alpha value is -1.55. The highest BCUT2D eigenvalue weighted by molar-refractivity contribution is 5.80. The fraction of sp³-hybridized carbons (Fsp3) is 0.588. The molecule has 21 heavy (non-hydrogen) atoms. The maximum absolute atomic E-state index is 12.1. The van der Waals surface area contributed by atoms with Crippen LogP contribution in [0.25, 0.3) is 0 Å². The molecule has 1 fully saturated rings. The topological polar surface area (TPSA) is 47.6 Å². The molecule has 2 rings (SSSR count). The number of benzene rings is 1. The van der Waals surface area contributed by atoms with Crippen molar-refractivity contribution in [3.63, 3.8) is 0 Å². The molecule has 1 aromatic rings. The molecule has 1 aliphatic rings. The van der Waals surface area contributed by atoms with Gasteiger partial charge in [-0.2, -0.15) is 0 Å². The molecule has 1 N–H and O–H groups in total. The van der Waals surface area contributed by atoms with E-state index in [1.165, 1.54) is 12.7 Å². The lowest BCUT2D eigenvalue weighted by atomic mass is 10.0. The highest BCUT2D eigenvalue weighted by atomic mass is 16.5. The molecule has 1 atom stereocenters. The molecular weight excluding hydrogens is 266 g/mol. The zero-order chi connectivity index (χ0) is 15.6. The number of hydrogen-bond acceptors (Lipinski definition) is 4. The van der Waals surface area contributed by atoms with Crippen LogP contribution in [0.15, 0.2) is 12.1 Å². The maximum Gasteiger partial charge on any atom is 0.329 e. The average molecular weight is 291 g/mol. The van der Waals surface area contributed by atoms with Crippen LogP contribution in [0.1, 0.15) is 36.5 Å². The van der Waals surface area contributed by atoms with Crippen molar-refractivity contribution >= 4 is 5.97 Å². The lowest BCUT2D eigenvalue weighted by Crippen LogP contribution is -2.55. The van der Waals surface area contributed by atoms with Crippen LogP contribution in [0, 0.1) is 20.8 Å². The van der Waals surface area contributed by atoms with E-state index in [9.17, 15) is 4.79 Å². The summed E-state index contributed by atoms with van der Waals surface area (Å²) in [7, 11) is 1.41. The lowest BCUT2D eigenvalue weighted by Gasteiger charge is -2.28. The second kappa shape index (κ2) is 6.06. The minimum atomic E-state index is -0.806. The van der Waals surface area contributed by atoms with E-state index < -0.39 is 5.54 Å². The zero-order valence-corrected chi connectivity index (χ0v) is 13.6. The van der Waals surface area contributed by atoms with Gasteiger partial charge in [0, 0.05) is 6.04 Å². The SMILES string of the molecule is COC(=O)C(C)(COc1cc(C)cc(C)c1C)NC1CC1. The molecule has 1 aliphatic carbocycles. The number of esters is 1. The van der Waals surface area contributed by atoms with Gasteiger partial charge in [0.15, 0.2) is 0 Å². The van der Waals surface area contributed by atoms with E-state index >= 15 is 0 Å². The van der Waals surface area contributed by atoms with Crippen LogP contribution in [0.2, 0.25) is 0 Å². The summed E-state index contributed by atoms with van der Waals surface area (Å²) in [6.07, 6.45) is 2.21. The van der Waals surface area contributed by atoms with Crippen molar-refractivity contribution in [3.05, 3.63) is 28.8 Å². The molecule has 0 heterocycles. The van der Waals surface area contributed by atoms with Gasteiger partial charge in [-0.25, -0.2) is 4.79 Å². The Morgan fingerprint density at radius 3 is 2.57 bits per heavy atom. The second-order valence-electron chi connectivity index (χ2n) is 6.24. The van der Waals surface area contributed by atoms with Gasteiger partial charge < -0.3 is 9.47 Å². The predicted molar refractivity (Wildman–Crippen MR) is 82.7 cm³/mol. The number of carbonyl (C=O) groups is 1. The van der Waals surface area contributed by atoms with E-state index in [0.29, 0.717) is 6.04 Å². The van der Waals surface area contributed by atoms with Gasteiger partial charge in [-0.3, -0.25) is 5.32 Å². The number of ether oxygens (including phenoxy) is 2. The van der Waals surface area contributed by atoms with E-state index in [-0.39, 0.29) is 12.6 Å². The van der Waals surface area contributed by atoms with Crippen molar-refractivity contribution in [1.82, 2.24) is 5.32 Å². The summed E-state index contributed by atoms with van der Waals surface area (Å²) in [6, 6.07) is 4.54. The van der Waals surface area contributed by atoms with Gasteiger partial charge in [0.2, 0.25) is 0 Å². The Morgan fingerprint density at radius 1 is 1.33 bits per heavy atom. The number of methoxy groups -OCH3 is 1. The first-order valence-electron chi connectivity index (χ1n) is 7.42. The summed E-state index contributed by atoms with van der Waals surface area (Å²) in [5, 5.41) is 3.34. The first-order valence-corrected chi connectivity index (χ1v) is 7.42. The lowest BCUT2D eigenvalue weighted by molar-refractivity contribution is -0.149. The van der Waals surface area contributed by atoms with Crippen LogP contribution in [0.3, 0.4) is 0 Å². The molecule has 1 saturated carbocycles. The van der Waals surface area contributed by atoms with Crippen LogP contribution in [0.5, 0.6) is 5.75 Å². The predicted octanol–water partition coefficient (Wildman–Crippen LogP) is 2.67. The molecule has 4 heteroatoms. The normalized spacial score (nSPS) is 17.2. The Morgan fingerprint density at radius 2 is 2.00 bits per heavy atom. The van der Waals surface area contributed by atoms with E-state index in [2.05, 4.69) is 18.3 Å². The summed E-state index contributed by atoms with van der Waals surface area (Å²) < 4.78 is 10.9. The highest BCUT2D eigenvalue weighted by Gasteiger charge is 2.40. The largest absolute Gasteiger partial charge is 0.491 e. The van der Waals surface area contributed by atoms with Crippen molar-refractivity contribution < 1.29 is 14.3 Å². The Kier molecular flexibility index (Phi) is 4.57. The van der Waals surface area contributed by atoms with Gasteiger partial charge in [-0.1, -0.05) is 6.07 Å². The number of carbonyl (C=O) groups excluding carboxylic acids is 1. The van der Waals surface area contributed by atoms with Crippen molar-refractivity contribution in [3.8, 4) is 5.75 Å². The zero-order valence-electron chi connectivity index (χ0n) is 13.6. The monoisotopic (exact) mass is 291 g/mol. The number of rotatable bonds is 6. The van der Waals surface area contributed by atoms with Crippen LogP contribution in [-0.2, 0) is 9.53 Å². The second-order valence-corrected chi connectivity index (χ2v) is 6.24. The molecule has 1 unspecified atom stereocenters. The quantitative estimate of drug-likeness (QED) is 0.819.